The highest BCUT2D eigenvalue weighted by Gasteiger charge is 2.24. The number of rotatable bonds is 9. The lowest BCUT2D eigenvalue weighted by Gasteiger charge is -2.18. The van der Waals surface area contributed by atoms with E-state index in [1.165, 1.54) is 251 Å². The van der Waals surface area contributed by atoms with E-state index in [0.717, 1.165) is 28.0 Å². The second-order valence-corrected chi connectivity index (χ2v) is 35.8. The molecule has 25 aromatic carbocycles. The van der Waals surface area contributed by atoms with Gasteiger partial charge in [-0.1, -0.05) is 358 Å². The fraction of sp³-hybridized carbons (Fsp3) is 0. The third kappa shape index (κ3) is 11.6. The lowest BCUT2D eigenvalue weighted by molar-refractivity contribution is 0.632. The Bertz CT molecular complexity index is 9810. The molecule has 0 saturated carbocycles. The second-order valence-electron chi connectivity index (χ2n) is 35.8. The van der Waals surface area contributed by atoms with Gasteiger partial charge in [-0.05, 0) is 272 Å². The number of hydrogen-bond donors (Lipinski definition) is 0. The Morgan fingerprint density at radius 2 is 0.448 bits per heavy atom. The Hall–Kier alpha value is -17.8. The number of hydrogen-bond acceptors (Lipinski definition) is 2. The van der Waals surface area contributed by atoms with E-state index in [2.05, 4.69) is 468 Å². The third-order valence-corrected chi connectivity index (χ3v) is 28.7. The Morgan fingerprint density at radius 1 is 0.164 bits per heavy atom. The van der Waals surface area contributed by atoms with Crippen LogP contribution in [0.25, 0.3) is 279 Å². The summed E-state index contributed by atoms with van der Waals surface area (Å²) in [4.78, 5) is 4.66. The lowest BCUT2D eigenvalue weighted by atomic mass is 9.85. The van der Waals surface area contributed by atoms with Crippen molar-refractivity contribution in [2.45, 2.75) is 0 Å². The van der Waals surface area contributed by atoms with Crippen molar-refractivity contribution in [1.29, 1.82) is 0 Å². The molecule has 620 valence electrons. The van der Waals surface area contributed by atoms with Crippen molar-refractivity contribution >= 4 is 195 Å². The summed E-state index contributed by atoms with van der Waals surface area (Å²) in [6.07, 6.45) is 1.87. The summed E-state index contributed by atoms with van der Waals surface area (Å²) in [5.41, 5.74) is 25.1. The molecule has 0 radical (unpaired) electrons. The Labute approximate surface area is 770 Å². The molecule has 0 fully saturated rings. The molecule has 0 spiro atoms. The molecular weight excluding hydrogens is 1620 g/mol. The first-order valence-electron chi connectivity index (χ1n) is 46.2. The Balaban J connectivity index is 0.000000100. The standard InChI is InChI=1S/C48H29N.C42H25NO.C39H24N2/c1-2-10-35-33(9-1)29-44(38-12-4-3-11-37(35)38)39-26-20-32-21-27-42-36(25-19-31-22-28-43(39)48(32)47(31)42)30-17-23-34(24-18-30)49-45-15-7-5-13-40(45)41-14-6-8-16-46(41)49;1-6-12-39-29(7-1)25-40(44-39)34-22-16-28-17-23-35-31(21-15-27-18-24-36(34)42(28)41(27)35)26-13-19-30(20-14-26)43-37-10-4-2-8-32(37)33-9-3-5-11-38(33)43;1-3-10-36-31(7-1)32-8-2-4-11-37(32)41(36)28-18-12-25(13-19-28)29-20-14-26-17-23-34-30(35-9-5-6-24-40-35)21-15-27-16-22-33(29)38(26)39(27)34/h1-29H;1-25H;1-24H. The quantitative estimate of drug-likeness (QED) is 0.135. The highest BCUT2D eigenvalue weighted by atomic mass is 16.3. The first-order valence-corrected chi connectivity index (χ1v) is 46.2. The van der Waals surface area contributed by atoms with Gasteiger partial charge in [-0.25, -0.2) is 0 Å². The number of benzene rings is 25. The Kier molecular flexibility index (Phi) is 16.8. The van der Waals surface area contributed by atoms with Gasteiger partial charge in [0.25, 0.3) is 0 Å². The predicted octanol–water partition coefficient (Wildman–Crippen LogP) is 35.5. The molecule has 30 aromatic rings. The fourth-order valence-electron chi connectivity index (χ4n) is 22.7. The van der Waals surface area contributed by atoms with Crippen molar-refractivity contribution in [1.82, 2.24) is 18.7 Å². The summed E-state index contributed by atoms with van der Waals surface area (Å²) in [6, 6.07) is 170. The van der Waals surface area contributed by atoms with Gasteiger partial charge in [-0.2, -0.15) is 0 Å². The molecule has 0 atom stereocenters. The summed E-state index contributed by atoms with van der Waals surface area (Å²) < 4.78 is 13.5. The van der Waals surface area contributed by atoms with Gasteiger partial charge in [-0.15, -0.1) is 0 Å². The van der Waals surface area contributed by atoms with Crippen molar-refractivity contribution in [2.75, 3.05) is 0 Å². The van der Waals surface area contributed by atoms with E-state index >= 15 is 0 Å². The Morgan fingerprint density at radius 3 is 0.821 bits per heavy atom. The molecule has 0 N–H and O–H groups in total. The van der Waals surface area contributed by atoms with Crippen molar-refractivity contribution in [2.24, 2.45) is 0 Å². The average molecular weight is 1700 g/mol. The zero-order valence-corrected chi connectivity index (χ0v) is 72.7. The molecule has 0 aliphatic rings. The van der Waals surface area contributed by atoms with E-state index in [-0.39, 0.29) is 0 Å². The van der Waals surface area contributed by atoms with Crippen LogP contribution in [0.2, 0.25) is 0 Å². The fourth-order valence-corrected chi connectivity index (χ4v) is 22.7. The van der Waals surface area contributed by atoms with Crippen LogP contribution >= 0.6 is 0 Å². The van der Waals surface area contributed by atoms with E-state index < -0.39 is 0 Å². The van der Waals surface area contributed by atoms with Crippen LogP contribution in [0.5, 0.6) is 0 Å². The van der Waals surface area contributed by atoms with Gasteiger partial charge in [0.1, 0.15) is 11.3 Å². The molecule has 0 unspecified atom stereocenters. The molecule has 5 heteroatoms. The topological polar surface area (TPSA) is 40.8 Å². The predicted molar refractivity (Wildman–Crippen MR) is 569 cm³/mol. The maximum atomic E-state index is 6.33. The number of para-hydroxylation sites is 7. The van der Waals surface area contributed by atoms with E-state index in [0.29, 0.717) is 0 Å². The minimum atomic E-state index is 0.907. The molecule has 5 aromatic heterocycles. The maximum Gasteiger partial charge on any atom is 0.136 e. The largest absolute Gasteiger partial charge is 0.456 e. The van der Waals surface area contributed by atoms with Gasteiger partial charge >= 0.3 is 0 Å². The smallest absolute Gasteiger partial charge is 0.136 e. The maximum absolute atomic E-state index is 6.33. The SMILES string of the molecule is c1ccc(-c2ccc3ccc4c(-c5ccc(-n6c7ccccc7c7ccccc76)cc5)ccc5ccc2c3c54)nc1.c1ccc2c(c1)cc(-c1ccc3ccc4c(-c5ccc(-n6c7ccccc7c7ccccc76)cc5)ccc5ccc1c3c54)c1ccccc12.c1ccc2oc(-c3ccc4ccc5c(-c6ccc(-n7c8ccccc8c8ccccc87)cc6)ccc6ccc3c4c65)cc2c1. The van der Waals surface area contributed by atoms with Crippen LogP contribution in [-0.4, -0.2) is 18.7 Å². The molecule has 0 bridgehead atoms. The van der Waals surface area contributed by atoms with Crippen molar-refractivity contribution in [3.8, 4) is 84.2 Å². The molecule has 134 heavy (non-hydrogen) atoms. The summed E-state index contributed by atoms with van der Waals surface area (Å²) >= 11 is 0. The average Bonchev–Trinajstić information content (AvgIpc) is 1.16. The van der Waals surface area contributed by atoms with Gasteiger partial charge in [-0.3, -0.25) is 4.98 Å². The zero-order valence-electron chi connectivity index (χ0n) is 72.7. The van der Waals surface area contributed by atoms with Crippen LogP contribution in [0.15, 0.2) is 478 Å². The van der Waals surface area contributed by atoms with Crippen molar-refractivity contribution in [3.63, 3.8) is 0 Å². The first kappa shape index (κ1) is 75.2. The van der Waals surface area contributed by atoms with Crippen LogP contribution in [-0.2, 0) is 0 Å². The summed E-state index contributed by atoms with van der Waals surface area (Å²) in [7, 11) is 0. The normalized spacial score (nSPS) is 12.0. The number of nitrogens with zero attached hydrogens (tertiary/aromatic N) is 4. The first-order chi connectivity index (χ1) is 66.5. The molecule has 5 heterocycles. The summed E-state index contributed by atoms with van der Waals surface area (Å²) in [6.45, 7) is 0. The van der Waals surface area contributed by atoms with E-state index in [1.807, 2.05) is 24.4 Å². The number of furan rings is 1. The number of pyridine rings is 1. The number of aromatic nitrogens is 4. The van der Waals surface area contributed by atoms with Gasteiger partial charge < -0.3 is 18.1 Å². The highest BCUT2D eigenvalue weighted by Crippen LogP contribution is 2.50. The van der Waals surface area contributed by atoms with Crippen molar-refractivity contribution in [3.05, 3.63) is 473 Å². The molecule has 0 aliphatic carbocycles. The van der Waals surface area contributed by atoms with E-state index in [4.69, 9.17) is 4.42 Å². The third-order valence-electron chi connectivity index (χ3n) is 28.7. The second kappa shape index (κ2) is 29.9. The van der Waals surface area contributed by atoms with Gasteiger partial charge in [0.15, 0.2) is 0 Å². The molecule has 30 rings (SSSR count). The molecule has 5 nitrogen and oxygen atoms in total. The molecule has 0 aliphatic heterocycles. The van der Waals surface area contributed by atoms with Crippen molar-refractivity contribution < 1.29 is 4.42 Å². The monoisotopic (exact) mass is 1700 g/mol. The van der Waals surface area contributed by atoms with Crippen LogP contribution in [0.1, 0.15) is 0 Å². The van der Waals surface area contributed by atoms with Crippen LogP contribution in [0.4, 0.5) is 0 Å². The molecule has 0 amide bonds. The van der Waals surface area contributed by atoms with Gasteiger partial charge in [0.2, 0.25) is 0 Å². The van der Waals surface area contributed by atoms with E-state index in [9.17, 15) is 0 Å². The molecular formula is C129H78N4O. The van der Waals surface area contributed by atoms with Gasteiger partial charge in [0, 0.05) is 72.1 Å². The van der Waals surface area contributed by atoms with Crippen LogP contribution < -0.4 is 0 Å². The van der Waals surface area contributed by atoms with Crippen LogP contribution in [0.3, 0.4) is 0 Å². The molecule has 0 saturated heterocycles. The minimum Gasteiger partial charge on any atom is -0.456 e. The summed E-state index contributed by atoms with van der Waals surface area (Å²) in [5, 5.41) is 37.1. The number of fused-ring (bicyclic) bond motifs is 13. The minimum absolute atomic E-state index is 0.907. The van der Waals surface area contributed by atoms with Gasteiger partial charge in [0.05, 0.1) is 38.8 Å². The lowest BCUT2D eigenvalue weighted by Crippen LogP contribution is -1.94. The highest BCUT2D eigenvalue weighted by molar-refractivity contribution is 6.32. The van der Waals surface area contributed by atoms with Crippen LogP contribution in [0, 0.1) is 0 Å². The zero-order chi connectivity index (χ0) is 87.7. The van der Waals surface area contributed by atoms with E-state index in [1.54, 1.807) is 0 Å². The summed E-state index contributed by atoms with van der Waals surface area (Å²) in [5.74, 6) is 0.907.